The van der Waals surface area contributed by atoms with Gasteiger partial charge in [-0.15, -0.1) is 0 Å². The number of carbonyl (C=O) groups is 1. The van der Waals surface area contributed by atoms with Gasteiger partial charge in [0.05, 0.1) is 18.7 Å². The second kappa shape index (κ2) is 6.00. The Morgan fingerprint density at radius 2 is 2.29 bits per heavy atom. The van der Waals surface area contributed by atoms with Crippen LogP contribution in [-0.4, -0.2) is 23.0 Å². The number of aromatic nitrogens is 2. The number of methoxy groups -OCH3 is 1. The van der Waals surface area contributed by atoms with Crippen molar-refractivity contribution in [1.29, 1.82) is 0 Å². The third-order valence-corrected chi connectivity index (χ3v) is 4.64. The number of amides is 1. The number of aromatic amines is 1. The number of pyridine rings is 1. The number of fused-ring (bicyclic) bond motifs is 3. The number of hydrogen-bond donors (Lipinski definition) is 2. The molecule has 0 saturated heterocycles. The molecule has 2 heterocycles. The number of H-pyrrole nitrogens is 1. The fourth-order valence-electron chi connectivity index (χ4n) is 3.45. The van der Waals surface area contributed by atoms with E-state index in [0.717, 1.165) is 36.2 Å². The van der Waals surface area contributed by atoms with Gasteiger partial charge >= 0.3 is 0 Å². The van der Waals surface area contributed by atoms with Crippen LogP contribution in [0.25, 0.3) is 10.9 Å². The summed E-state index contributed by atoms with van der Waals surface area (Å²) in [5.74, 6) is 0.767. The number of carbonyl (C=O) groups excluding carboxylic acids is 1. The maximum Gasteiger partial charge on any atom is 0.253 e. The van der Waals surface area contributed by atoms with E-state index >= 15 is 0 Å². The zero-order chi connectivity index (χ0) is 16.5. The molecule has 0 bridgehead atoms. The van der Waals surface area contributed by atoms with E-state index in [1.807, 2.05) is 12.1 Å². The second-order valence-corrected chi connectivity index (χ2v) is 6.09. The largest absolute Gasteiger partial charge is 0.497 e. The number of rotatable bonds is 3. The van der Waals surface area contributed by atoms with Crippen molar-refractivity contribution in [2.45, 2.75) is 25.3 Å². The van der Waals surface area contributed by atoms with Gasteiger partial charge in [-0.3, -0.25) is 9.78 Å². The lowest BCUT2D eigenvalue weighted by Gasteiger charge is -2.23. The molecule has 0 unspecified atom stereocenters. The van der Waals surface area contributed by atoms with Crippen molar-refractivity contribution in [3.63, 3.8) is 0 Å². The van der Waals surface area contributed by atoms with Crippen LogP contribution in [0, 0.1) is 0 Å². The van der Waals surface area contributed by atoms with Crippen molar-refractivity contribution in [3.05, 3.63) is 59.5 Å². The Morgan fingerprint density at radius 1 is 1.38 bits per heavy atom. The van der Waals surface area contributed by atoms with Crippen LogP contribution in [0.5, 0.6) is 5.75 Å². The van der Waals surface area contributed by atoms with Crippen molar-refractivity contribution in [2.75, 3.05) is 7.11 Å². The van der Waals surface area contributed by atoms with E-state index in [1.165, 1.54) is 10.9 Å². The predicted octanol–water partition coefficient (Wildman–Crippen LogP) is 3.38. The molecule has 1 atom stereocenters. The Kier molecular flexibility index (Phi) is 3.69. The van der Waals surface area contributed by atoms with E-state index in [2.05, 4.69) is 21.4 Å². The number of ether oxygens (including phenoxy) is 1. The summed E-state index contributed by atoms with van der Waals surface area (Å²) in [6, 6.07) is 9.61. The first kappa shape index (κ1) is 14.8. The molecule has 1 amide bonds. The van der Waals surface area contributed by atoms with Gasteiger partial charge < -0.3 is 15.0 Å². The molecule has 0 saturated carbocycles. The zero-order valence-corrected chi connectivity index (χ0v) is 13.5. The molecule has 0 aliphatic heterocycles. The first-order valence-corrected chi connectivity index (χ1v) is 8.15. The van der Waals surface area contributed by atoms with Gasteiger partial charge in [0.15, 0.2) is 0 Å². The highest BCUT2D eigenvalue weighted by Crippen LogP contribution is 2.36. The molecule has 3 aromatic rings. The lowest BCUT2D eigenvalue weighted by atomic mass is 9.91. The van der Waals surface area contributed by atoms with Crippen LogP contribution in [0.4, 0.5) is 0 Å². The quantitative estimate of drug-likeness (QED) is 0.777. The Labute approximate surface area is 140 Å². The number of nitrogens with one attached hydrogen (secondary N) is 2. The van der Waals surface area contributed by atoms with E-state index < -0.39 is 0 Å². The van der Waals surface area contributed by atoms with E-state index in [4.69, 9.17) is 4.74 Å². The average molecular weight is 321 g/mol. The Hall–Kier alpha value is -2.82. The molecule has 5 nitrogen and oxygen atoms in total. The van der Waals surface area contributed by atoms with Crippen LogP contribution in [0.15, 0.2) is 42.7 Å². The molecule has 5 heteroatoms. The fraction of sp³-hybridized carbons (Fsp3) is 0.263. The van der Waals surface area contributed by atoms with E-state index in [1.54, 1.807) is 31.6 Å². The van der Waals surface area contributed by atoms with Gasteiger partial charge in [0.25, 0.3) is 5.91 Å². The van der Waals surface area contributed by atoms with Crippen LogP contribution in [0.2, 0.25) is 0 Å². The van der Waals surface area contributed by atoms with Crippen molar-refractivity contribution in [1.82, 2.24) is 15.3 Å². The summed E-state index contributed by atoms with van der Waals surface area (Å²) in [6.45, 7) is 0. The van der Waals surface area contributed by atoms with Crippen LogP contribution < -0.4 is 10.1 Å². The van der Waals surface area contributed by atoms with Gasteiger partial charge in [-0.1, -0.05) is 0 Å². The van der Waals surface area contributed by atoms with Crippen LogP contribution in [-0.2, 0) is 6.42 Å². The zero-order valence-electron chi connectivity index (χ0n) is 13.5. The molecule has 1 aliphatic carbocycles. The number of aryl methyl sites for hydroxylation is 1. The highest BCUT2D eigenvalue weighted by atomic mass is 16.5. The lowest BCUT2D eigenvalue weighted by molar-refractivity contribution is 0.0931. The first-order chi connectivity index (χ1) is 11.8. The molecule has 2 N–H and O–H groups in total. The van der Waals surface area contributed by atoms with Gasteiger partial charge in [-0.05, 0) is 55.2 Å². The summed E-state index contributed by atoms with van der Waals surface area (Å²) >= 11 is 0. The first-order valence-electron chi connectivity index (χ1n) is 8.15. The Morgan fingerprint density at radius 3 is 3.08 bits per heavy atom. The highest BCUT2D eigenvalue weighted by molar-refractivity contribution is 5.94. The molecule has 0 radical (unpaired) electrons. The molecule has 0 spiro atoms. The summed E-state index contributed by atoms with van der Waals surface area (Å²) in [5.41, 5.74) is 4.07. The second-order valence-electron chi connectivity index (χ2n) is 6.09. The predicted molar refractivity (Wildman–Crippen MR) is 92.2 cm³/mol. The summed E-state index contributed by atoms with van der Waals surface area (Å²) in [5, 5.41) is 4.32. The highest BCUT2D eigenvalue weighted by Gasteiger charge is 2.26. The standard InChI is InChI=1S/C19H19N3O2/c1-24-13-7-8-16-15(10-13)14-5-2-6-17(18(14)21-16)22-19(23)12-4-3-9-20-11-12/h3-4,7-11,17,21H,2,5-6H2,1H3,(H,22,23)/t17-/m1/s1. The number of nitrogens with zero attached hydrogens (tertiary/aromatic N) is 1. The van der Waals surface area contributed by atoms with Crippen molar-refractivity contribution >= 4 is 16.8 Å². The maximum atomic E-state index is 12.5. The summed E-state index contributed by atoms with van der Waals surface area (Å²) in [4.78, 5) is 20.0. The molecule has 122 valence electrons. The van der Waals surface area contributed by atoms with Crippen molar-refractivity contribution in [2.24, 2.45) is 0 Å². The monoisotopic (exact) mass is 321 g/mol. The smallest absolute Gasteiger partial charge is 0.253 e. The summed E-state index contributed by atoms with van der Waals surface area (Å²) < 4.78 is 5.34. The van der Waals surface area contributed by atoms with Crippen LogP contribution in [0.1, 0.15) is 40.5 Å². The normalized spacial score (nSPS) is 16.6. The molecule has 1 aromatic carbocycles. The van der Waals surface area contributed by atoms with Gasteiger partial charge in [0.1, 0.15) is 5.75 Å². The number of hydrogen-bond acceptors (Lipinski definition) is 3. The molecule has 4 rings (SSSR count). The SMILES string of the molecule is COc1ccc2[nH]c3c(c2c1)CCC[C@H]3NC(=O)c1cccnc1. The molecule has 24 heavy (non-hydrogen) atoms. The van der Waals surface area contributed by atoms with E-state index in [-0.39, 0.29) is 11.9 Å². The molecule has 1 aliphatic rings. The maximum absolute atomic E-state index is 12.5. The minimum atomic E-state index is -0.0859. The third kappa shape index (κ3) is 2.52. The van der Waals surface area contributed by atoms with Crippen LogP contribution in [0.3, 0.4) is 0 Å². The minimum absolute atomic E-state index is 0.000138. The van der Waals surface area contributed by atoms with Gasteiger partial charge in [0, 0.05) is 29.0 Å². The summed E-state index contributed by atoms with van der Waals surface area (Å²) in [7, 11) is 1.68. The third-order valence-electron chi connectivity index (χ3n) is 4.64. The minimum Gasteiger partial charge on any atom is -0.497 e. The molecule has 0 fully saturated rings. The average Bonchev–Trinajstić information content (AvgIpc) is 3.01. The van der Waals surface area contributed by atoms with Crippen LogP contribution >= 0.6 is 0 Å². The van der Waals surface area contributed by atoms with E-state index in [9.17, 15) is 4.79 Å². The summed E-state index contributed by atoms with van der Waals surface area (Å²) in [6.07, 6.45) is 6.26. The van der Waals surface area contributed by atoms with Crippen molar-refractivity contribution in [3.8, 4) is 5.75 Å². The Bertz CT molecular complexity index is 886. The number of benzene rings is 1. The van der Waals surface area contributed by atoms with Gasteiger partial charge in [-0.25, -0.2) is 0 Å². The Balaban J connectivity index is 1.67. The molecular formula is C19H19N3O2. The topological polar surface area (TPSA) is 67.0 Å². The van der Waals surface area contributed by atoms with Gasteiger partial charge in [-0.2, -0.15) is 0 Å². The van der Waals surface area contributed by atoms with Crippen molar-refractivity contribution < 1.29 is 9.53 Å². The fourth-order valence-corrected chi connectivity index (χ4v) is 3.45. The molecule has 2 aromatic heterocycles. The van der Waals surface area contributed by atoms with E-state index in [0.29, 0.717) is 5.56 Å². The lowest BCUT2D eigenvalue weighted by Crippen LogP contribution is -2.31. The molecular weight excluding hydrogens is 302 g/mol. The van der Waals surface area contributed by atoms with Gasteiger partial charge in [0.2, 0.25) is 0 Å².